The van der Waals surface area contributed by atoms with Crippen molar-refractivity contribution in [2.75, 3.05) is 40.3 Å². The number of hydrogen-bond acceptors (Lipinski definition) is 3. The van der Waals surface area contributed by atoms with Gasteiger partial charge in [0.2, 0.25) is 10.0 Å². The quantitative estimate of drug-likeness (QED) is 0.806. The molecule has 1 aromatic carbocycles. The van der Waals surface area contributed by atoms with E-state index in [2.05, 4.69) is 13.8 Å². The molecule has 1 N–H and O–H groups in total. The maximum atomic E-state index is 12.8. The molecule has 0 radical (unpaired) electrons. The molecule has 1 aliphatic rings. The third kappa shape index (κ3) is 4.40. The Kier molecular flexibility index (Phi) is 6.24. The first-order valence-corrected chi connectivity index (χ1v) is 10.2. The van der Waals surface area contributed by atoms with E-state index in [1.807, 2.05) is 19.1 Å². The van der Waals surface area contributed by atoms with E-state index in [9.17, 15) is 13.2 Å². The number of quaternary nitrogens is 1. The molecule has 0 spiro atoms. The maximum absolute atomic E-state index is 12.8. The Morgan fingerprint density at radius 1 is 1.08 bits per heavy atom. The number of hydrogen-bond donors (Lipinski definition) is 1. The second-order valence-corrected chi connectivity index (χ2v) is 9.18. The molecule has 1 fully saturated rings. The fourth-order valence-corrected chi connectivity index (χ4v) is 4.62. The van der Waals surface area contributed by atoms with E-state index in [1.165, 1.54) is 4.31 Å². The molecule has 7 heteroatoms. The van der Waals surface area contributed by atoms with Gasteiger partial charge in [0, 0.05) is 14.1 Å². The van der Waals surface area contributed by atoms with Crippen LogP contribution in [-0.4, -0.2) is 69.8 Å². The SMILES string of the molecule is CC(C)c1ccc(S(=O)(=O)N2CC[NH+]([C@H](C)C(=O)N(C)C)CC2)cc1. The van der Waals surface area contributed by atoms with Gasteiger partial charge in [0.05, 0.1) is 31.1 Å². The first-order chi connectivity index (χ1) is 11.6. The highest BCUT2D eigenvalue weighted by molar-refractivity contribution is 7.89. The minimum Gasteiger partial charge on any atom is -0.344 e. The molecule has 1 aliphatic heterocycles. The molecule has 1 amide bonds. The highest BCUT2D eigenvalue weighted by atomic mass is 32.2. The van der Waals surface area contributed by atoms with Gasteiger partial charge in [-0.3, -0.25) is 4.79 Å². The molecular formula is C18H30N3O3S+. The number of carbonyl (C=O) groups excluding carboxylic acids is 1. The van der Waals surface area contributed by atoms with Gasteiger partial charge in [0.15, 0.2) is 6.04 Å². The smallest absolute Gasteiger partial charge is 0.280 e. The minimum atomic E-state index is -3.47. The van der Waals surface area contributed by atoms with Crippen LogP contribution in [0.2, 0.25) is 0 Å². The van der Waals surface area contributed by atoms with Crippen LogP contribution in [0.25, 0.3) is 0 Å². The molecule has 140 valence electrons. The summed E-state index contributed by atoms with van der Waals surface area (Å²) in [6.07, 6.45) is 0. The van der Waals surface area contributed by atoms with E-state index in [1.54, 1.807) is 31.1 Å². The molecule has 2 rings (SSSR count). The monoisotopic (exact) mass is 368 g/mol. The lowest BCUT2D eigenvalue weighted by atomic mass is 10.0. The zero-order chi connectivity index (χ0) is 18.8. The molecule has 1 aromatic rings. The molecule has 0 saturated carbocycles. The van der Waals surface area contributed by atoms with Crippen LogP contribution in [0.4, 0.5) is 0 Å². The van der Waals surface area contributed by atoms with Crippen molar-refractivity contribution in [2.24, 2.45) is 0 Å². The number of nitrogens with zero attached hydrogens (tertiary/aromatic N) is 2. The van der Waals surface area contributed by atoms with Gasteiger partial charge in [0.1, 0.15) is 0 Å². The van der Waals surface area contributed by atoms with E-state index < -0.39 is 10.0 Å². The van der Waals surface area contributed by atoms with Crippen molar-refractivity contribution in [3.63, 3.8) is 0 Å². The lowest BCUT2D eigenvalue weighted by molar-refractivity contribution is -0.917. The number of amides is 1. The van der Waals surface area contributed by atoms with Gasteiger partial charge in [-0.05, 0) is 30.5 Å². The Balaban J connectivity index is 2.05. The Morgan fingerprint density at radius 3 is 2.04 bits per heavy atom. The Hall–Kier alpha value is -1.44. The predicted molar refractivity (Wildman–Crippen MR) is 98.1 cm³/mol. The molecule has 1 atom stereocenters. The van der Waals surface area contributed by atoms with Crippen molar-refractivity contribution in [3.05, 3.63) is 29.8 Å². The standard InChI is InChI=1S/C18H29N3O3S/c1-14(2)16-6-8-17(9-7-16)25(23,24)21-12-10-20(11-13-21)15(3)18(22)19(4)5/h6-9,14-15H,10-13H2,1-5H3/p+1/t15-/m1/s1. The highest BCUT2D eigenvalue weighted by Gasteiger charge is 2.34. The second-order valence-electron chi connectivity index (χ2n) is 7.24. The van der Waals surface area contributed by atoms with Crippen LogP contribution in [0.1, 0.15) is 32.3 Å². The van der Waals surface area contributed by atoms with E-state index in [4.69, 9.17) is 0 Å². The number of rotatable bonds is 5. The summed E-state index contributed by atoms with van der Waals surface area (Å²) in [5, 5.41) is 0. The molecule has 6 nitrogen and oxygen atoms in total. The number of sulfonamides is 1. The molecule has 1 saturated heterocycles. The van der Waals surface area contributed by atoms with Gasteiger partial charge in [-0.1, -0.05) is 26.0 Å². The summed E-state index contributed by atoms with van der Waals surface area (Å²) in [7, 11) is 0.0341. The molecular weight excluding hydrogens is 338 g/mol. The van der Waals surface area contributed by atoms with Crippen LogP contribution in [0.5, 0.6) is 0 Å². The van der Waals surface area contributed by atoms with Crippen LogP contribution in [0, 0.1) is 0 Å². The molecule has 1 heterocycles. The van der Waals surface area contributed by atoms with Gasteiger partial charge in [-0.25, -0.2) is 8.42 Å². The summed E-state index contributed by atoms with van der Waals surface area (Å²) in [4.78, 5) is 15.2. The average molecular weight is 369 g/mol. The Morgan fingerprint density at radius 2 is 1.60 bits per heavy atom. The Bertz CT molecular complexity index is 691. The molecule has 0 bridgehead atoms. The first-order valence-electron chi connectivity index (χ1n) is 8.80. The molecule has 0 aromatic heterocycles. The summed E-state index contributed by atoms with van der Waals surface area (Å²) < 4.78 is 27.2. The van der Waals surface area contributed by atoms with Gasteiger partial charge < -0.3 is 9.80 Å². The zero-order valence-corrected chi connectivity index (χ0v) is 16.6. The minimum absolute atomic E-state index is 0.0792. The van der Waals surface area contributed by atoms with E-state index >= 15 is 0 Å². The number of nitrogens with one attached hydrogen (secondary N) is 1. The van der Waals surface area contributed by atoms with Crippen molar-refractivity contribution in [2.45, 2.75) is 37.6 Å². The van der Waals surface area contributed by atoms with Gasteiger partial charge in [-0.15, -0.1) is 0 Å². The fourth-order valence-electron chi connectivity index (χ4n) is 3.18. The van der Waals surface area contributed by atoms with E-state index in [0.717, 1.165) is 10.5 Å². The topological polar surface area (TPSA) is 62.1 Å². The molecule has 0 aliphatic carbocycles. The summed E-state index contributed by atoms with van der Waals surface area (Å²) in [6.45, 7) is 8.24. The molecule has 25 heavy (non-hydrogen) atoms. The van der Waals surface area contributed by atoms with Crippen LogP contribution < -0.4 is 4.90 Å². The summed E-state index contributed by atoms with van der Waals surface area (Å²) in [5.74, 6) is 0.454. The van der Waals surface area contributed by atoms with E-state index in [-0.39, 0.29) is 11.9 Å². The maximum Gasteiger partial charge on any atom is 0.280 e. The van der Waals surface area contributed by atoms with Crippen LogP contribution >= 0.6 is 0 Å². The largest absolute Gasteiger partial charge is 0.344 e. The lowest BCUT2D eigenvalue weighted by Crippen LogP contribution is -3.19. The number of carbonyl (C=O) groups is 1. The van der Waals surface area contributed by atoms with Crippen LogP contribution in [0.3, 0.4) is 0 Å². The number of likely N-dealkylation sites (N-methyl/N-ethyl adjacent to an activating group) is 1. The summed E-state index contributed by atoms with van der Waals surface area (Å²) >= 11 is 0. The molecule has 0 unspecified atom stereocenters. The normalized spacial score (nSPS) is 18.3. The van der Waals surface area contributed by atoms with Crippen molar-refractivity contribution >= 4 is 15.9 Å². The lowest BCUT2D eigenvalue weighted by Gasteiger charge is -2.34. The van der Waals surface area contributed by atoms with Crippen molar-refractivity contribution in [3.8, 4) is 0 Å². The summed E-state index contributed by atoms with van der Waals surface area (Å²) in [6, 6.07) is 7.02. The van der Waals surface area contributed by atoms with Crippen LogP contribution in [-0.2, 0) is 14.8 Å². The van der Waals surface area contributed by atoms with Crippen molar-refractivity contribution < 1.29 is 18.1 Å². The average Bonchev–Trinajstić information content (AvgIpc) is 2.60. The predicted octanol–water partition coefficient (Wildman–Crippen LogP) is 0.176. The second kappa shape index (κ2) is 7.85. The van der Waals surface area contributed by atoms with Crippen LogP contribution in [0.15, 0.2) is 29.2 Å². The number of piperazine rings is 1. The van der Waals surface area contributed by atoms with Crippen molar-refractivity contribution in [1.29, 1.82) is 0 Å². The summed E-state index contributed by atoms with van der Waals surface area (Å²) in [5.41, 5.74) is 1.13. The first kappa shape index (κ1) is 19.9. The third-order valence-electron chi connectivity index (χ3n) is 4.97. The van der Waals surface area contributed by atoms with Gasteiger partial charge in [0.25, 0.3) is 5.91 Å². The zero-order valence-electron chi connectivity index (χ0n) is 15.8. The Labute approximate surface area is 151 Å². The van der Waals surface area contributed by atoms with Gasteiger partial charge >= 0.3 is 0 Å². The fraction of sp³-hybridized carbons (Fsp3) is 0.611. The highest BCUT2D eigenvalue weighted by Crippen LogP contribution is 2.20. The van der Waals surface area contributed by atoms with Crippen molar-refractivity contribution in [1.82, 2.24) is 9.21 Å². The van der Waals surface area contributed by atoms with Gasteiger partial charge in [-0.2, -0.15) is 4.31 Å². The third-order valence-corrected chi connectivity index (χ3v) is 6.89. The number of benzene rings is 1. The van der Waals surface area contributed by atoms with E-state index in [0.29, 0.717) is 37.0 Å².